The zero-order chi connectivity index (χ0) is 18.0. The molecule has 0 atom stereocenters. The Hall–Kier alpha value is -3.40. The van der Waals surface area contributed by atoms with E-state index in [2.05, 4.69) is 38.6 Å². The van der Waals surface area contributed by atoms with Gasteiger partial charge in [-0.2, -0.15) is 10.4 Å². The number of nitrogens with zero attached hydrogens (tertiary/aromatic N) is 7. The molecule has 0 spiro atoms. The van der Waals surface area contributed by atoms with Crippen LogP contribution in [0.15, 0.2) is 36.8 Å². The summed E-state index contributed by atoms with van der Waals surface area (Å²) in [6.45, 7) is 0.966. The van der Waals surface area contributed by atoms with Crippen LogP contribution in [0.25, 0.3) is 28.3 Å². The molecule has 27 heavy (non-hydrogen) atoms. The van der Waals surface area contributed by atoms with Crippen LogP contribution in [0.4, 0.5) is 0 Å². The molecule has 0 bridgehead atoms. The third-order valence-corrected chi connectivity index (χ3v) is 5.49. The van der Waals surface area contributed by atoms with E-state index in [1.165, 1.54) is 12.8 Å². The molecule has 0 aromatic carbocycles. The summed E-state index contributed by atoms with van der Waals surface area (Å²) in [6.07, 6.45) is 10.2. The van der Waals surface area contributed by atoms with Crippen molar-refractivity contribution in [3.63, 3.8) is 0 Å². The Labute approximate surface area is 155 Å². The molecule has 2 aliphatic rings. The molecule has 1 saturated carbocycles. The highest BCUT2D eigenvalue weighted by Gasteiger charge is 2.28. The second-order valence-electron chi connectivity index (χ2n) is 7.29. The monoisotopic (exact) mass is 355 g/mol. The number of aryl methyl sites for hydroxylation is 1. The van der Waals surface area contributed by atoms with Crippen LogP contribution in [-0.2, 0) is 13.0 Å². The predicted octanol–water partition coefficient (Wildman–Crippen LogP) is 3.21. The van der Waals surface area contributed by atoms with Crippen LogP contribution >= 0.6 is 0 Å². The summed E-state index contributed by atoms with van der Waals surface area (Å²) < 4.78 is 6.21. The molecule has 6 rings (SSSR count). The SMILES string of the molecule is N#Cc1cnc2ccc(-c3c(-c4ccn(C5CC5)n4)nc4n3CCC4)cn12. The van der Waals surface area contributed by atoms with Crippen molar-refractivity contribution >= 4 is 5.65 Å². The maximum Gasteiger partial charge on any atom is 0.144 e. The number of rotatable bonds is 3. The molecule has 4 aromatic heterocycles. The largest absolute Gasteiger partial charge is 0.327 e. The Morgan fingerprint density at radius 2 is 2.11 bits per heavy atom. The molecule has 1 fully saturated rings. The quantitative estimate of drug-likeness (QED) is 0.565. The van der Waals surface area contributed by atoms with Gasteiger partial charge in [-0.3, -0.25) is 9.08 Å². The van der Waals surface area contributed by atoms with Crippen molar-refractivity contribution in [3.8, 4) is 28.7 Å². The van der Waals surface area contributed by atoms with Crippen LogP contribution in [0.2, 0.25) is 0 Å². The molecule has 0 saturated heterocycles. The van der Waals surface area contributed by atoms with Gasteiger partial charge in [-0.25, -0.2) is 9.97 Å². The first-order valence-electron chi connectivity index (χ1n) is 9.34. The normalized spacial score (nSPS) is 16.0. The number of aromatic nitrogens is 6. The van der Waals surface area contributed by atoms with Gasteiger partial charge in [-0.05, 0) is 37.5 Å². The van der Waals surface area contributed by atoms with Crippen LogP contribution in [0.3, 0.4) is 0 Å². The molecule has 0 amide bonds. The highest BCUT2D eigenvalue weighted by molar-refractivity contribution is 5.78. The van der Waals surface area contributed by atoms with Crippen LogP contribution in [0.5, 0.6) is 0 Å². The molecule has 0 N–H and O–H groups in total. The van der Waals surface area contributed by atoms with Crippen molar-refractivity contribution in [2.45, 2.75) is 38.3 Å². The number of hydrogen-bond donors (Lipinski definition) is 0. The first-order valence-corrected chi connectivity index (χ1v) is 9.34. The maximum atomic E-state index is 9.35. The van der Waals surface area contributed by atoms with E-state index in [0.717, 1.165) is 53.5 Å². The predicted molar refractivity (Wildman–Crippen MR) is 98.9 cm³/mol. The molecule has 7 nitrogen and oxygen atoms in total. The minimum absolute atomic E-state index is 0.535. The molecule has 5 heterocycles. The van der Waals surface area contributed by atoms with Gasteiger partial charge in [0.15, 0.2) is 0 Å². The number of pyridine rings is 1. The van der Waals surface area contributed by atoms with Gasteiger partial charge in [-0.1, -0.05) is 0 Å². The van der Waals surface area contributed by atoms with E-state index in [4.69, 9.17) is 10.1 Å². The first kappa shape index (κ1) is 14.7. The number of nitriles is 1. The van der Waals surface area contributed by atoms with Gasteiger partial charge in [0.05, 0.1) is 17.9 Å². The summed E-state index contributed by atoms with van der Waals surface area (Å²) in [4.78, 5) is 9.24. The summed E-state index contributed by atoms with van der Waals surface area (Å²) in [5.74, 6) is 1.12. The summed E-state index contributed by atoms with van der Waals surface area (Å²) in [7, 11) is 0. The number of imidazole rings is 2. The van der Waals surface area contributed by atoms with Crippen LogP contribution in [0, 0.1) is 11.3 Å². The van der Waals surface area contributed by atoms with E-state index in [9.17, 15) is 5.26 Å². The fourth-order valence-electron chi connectivity index (χ4n) is 4.01. The average molecular weight is 355 g/mol. The summed E-state index contributed by atoms with van der Waals surface area (Å²) in [5, 5.41) is 14.1. The lowest BCUT2D eigenvalue weighted by Crippen LogP contribution is -1.99. The van der Waals surface area contributed by atoms with E-state index in [-0.39, 0.29) is 0 Å². The molecule has 132 valence electrons. The van der Waals surface area contributed by atoms with Crippen LogP contribution in [-0.4, -0.2) is 28.7 Å². The van der Waals surface area contributed by atoms with E-state index in [1.807, 2.05) is 16.7 Å². The molecular formula is C20H17N7. The zero-order valence-electron chi connectivity index (χ0n) is 14.7. The summed E-state index contributed by atoms with van der Waals surface area (Å²) in [5.41, 5.74) is 5.28. The topological polar surface area (TPSA) is 76.7 Å². The van der Waals surface area contributed by atoms with Crippen LogP contribution < -0.4 is 0 Å². The van der Waals surface area contributed by atoms with Crippen molar-refractivity contribution in [2.75, 3.05) is 0 Å². The van der Waals surface area contributed by atoms with Crippen LogP contribution in [0.1, 0.15) is 36.8 Å². The average Bonchev–Trinajstić information content (AvgIpc) is 3.08. The summed E-state index contributed by atoms with van der Waals surface area (Å²) >= 11 is 0. The van der Waals surface area contributed by atoms with Gasteiger partial charge in [-0.15, -0.1) is 0 Å². The fraction of sp³-hybridized carbons (Fsp3) is 0.300. The van der Waals surface area contributed by atoms with E-state index in [1.54, 1.807) is 6.20 Å². The smallest absolute Gasteiger partial charge is 0.144 e. The first-order chi connectivity index (χ1) is 13.3. The Kier molecular flexibility index (Phi) is 2.89. The van der Waals surface area contributed by atoms with Crippen molar-refractivity contribution in [2.24, 2.45) is 0 Å². The maximum absolute atomic E-state index is 9.35. The van der Waals surface area contributed by atoms with Gasteiger partial charge in [0, 0.05) is 30.9 Å². The molecule has 7 heteroatoms. The Morgan fingerprint density at radius 3 is 2.96 bits per heavy atom. The van der Waals surface area contributed by atoms with Crippen molar-refractivity contribution in [1.82, 2.24) is 28.7 Å². The molecule has 0 unspecified atom stereocenters. The minimum Gasteiger partial charge on any atom is -0.327 e. The number of fused-ring (bicyclic) bond motifs is 2. The number of hydrogen-bond acceptors (Lipinski definition) is 4. The van der Waals surface area contributed by atoms with Crippen molar-refractivity contribution in [1.29, 1.82) is 5.26 Å². The fourth-order valence-corrected chi connectivity index (χ4v) is 4.01. The molecular weight excluding hydrogens is 338 g/mol. The molecule has 4 aromatic rings. The Morgan fingerprint density at radius 1 is 1.19 bits per heavy atom. The standard InChI is InChI=1S/C20H17N7/c21-10-15-11-22-17-6-3-13(12-26(15)17)20-19(23-18-2-1-8-25(18)20)16-7-9-27(24-16)14-4-5-14/h3,6-7,9,11-12,14H,1-2,4-5,8H2. The highest BCUT2D eigenvalue weighted by atomic mass is 15.3. The van der Waals surface area contributed by atoms with Gasteiger partial charge in [0.2, 0.25) is 0 Å². The minimum atomic E-state index is 0.535. The van der Waals surface area contributed by atoms with Crippen molar-refractivity contribution < 1.29 is 0 Å². The molecule has 0 radical (unpaired) electrons. The Bertz CT molecular complexity index is 1230. The van der Waals surface area contributed by atoms with Gasteiger partial charge in [0.25, 0.3) is 0 Å². The second-order valence-corrected chi connectivity index (χ2v) is 7.29. The lowest BCUT2D eigenvalue weighted by molar-refractivity contribution is 0.643. The van der Waals surface area contributed by atoms with E-state index >= 15 is 0 Å². The van der Waals surface area contributed by atoms with Crippen molar-refractivity contribution in [3.05, 3.63) is 48.3 Å². The zero-order valence-corrected chi connectivity index (χ0v) is 14.7. The second kappa shape index (κ2) is 5.30. The van der Waals surface area contributed by atoms with Gasteiger partial charge in [0.1, 0.15) is 34.6 Å². The lowest BCUT2D eigenvalue weighted by atomic mass is 10.1. The Balaban J connectivity index is 1.56. The highest BCUT2D eigenvalue weighted by Crippen LogP contribution is 2.38. The van der Waals surface area contributed by atoms with Gasteiger partial charge < -0.3 is 4.57 Å². The van der Waals surface area contributed by atoms with E-state index < -0.39 is 0 Å². The lowest BCUT2D eigenvalue weighted by Gasteiger charge is -2.08. The van der Waals surface area contributed by atoms with Gasteiger partial charge >= 0.3 is 0 Å². The summed E-state index contributed by atoms with van der Waals surface area (Å²) in [6, 6.07) is 8.84. The molecule has 1 aliphatic heterocycles. The third kappa shape index (κ3) is 2.16. The molecule has 1 aliphatic carbocycles. The third-order valence-electron chi connectivity index (χ3n) is 5.49. The van der Waals surface area contributed by atoms with E-state index in [0.29, 0.717) is 11.7 Å².